The summed E-state index contributed by atoms with van der Waals surface area (Å²) in [6.45, 7) is 4.10. The van der Waals surface area contributed by atoms with Crippen LogP contribution in [0.25, 0.3) is 10.8 Å². The Hall–Kier alpha value is -2.41. The highest BCUT2D eigenvalue weighted by atomic mass is 35.5. The van der Waals surface area contributed by atoms with Crippen molar-refractivity contribution in [2.45, 2.75) is 18.7 Å². The monoisotopic (exact) mass is 417 g/mol. The van der Waals surface area contributed by atoms with Gasteiger partial charge in [0.15, 0.2) is 0 Å². The summed E-state index contributed by atoms with van der Waals surface area (Å²) in [5, 5.41) is 2.03. The van der Waals surface area contributed by atoms with E-state index in [0.29, 0.717) is 18.8 Å². The molecule has 0 aromatic heterocycles. The second kappa shape index (κ2) is 8.31. The van der Waals surface area contributed by atoms with Crippen molar-refractivity contribution in [2.75, 3.05) is 13.1 Å². The molecule has 146 valence electrons. The molecule has 0 amide bonds. The van der Waals surface area contributed by atoms with Gasteiger partial charge < -0.3 is 4.74 Å². The smallest absolute Gasteiger partial charge is 0.343 e. The highest BCUT2D eigenvalue weighted by molar-refractivity contribution is 7.89. The molecule has 0 fully saturated rings. The zero-order valence-corrected chi connectivity index (χ0v) is 17.1. The van der Waals surface area contributed by atoms with Gasteiger partial charge in [-0.25, -0.2) is 13.2 Å². The summed E-state index contributed by atoms with van der Waals surface area (Å²) in [6, 6.07) is 17.1. The average Bonchev–Trinajstić information content (AvgIpc) is 2.68. The number of halogens is 1. The summed E-state index contributed by atoms with van der Waals surface area (Å²) in [4.78, 5) is 12.5. The SMILES string of the molecule is CCN(CC)S(=O)(=O)c1cc(C(=O)Oc2ccc3ccccc3c2)ccc1Cl. The van der Waals surface area contributed by atoms with Crippen LogP contribution in [0.15, 0.2) is 65.6 Å². The minimum Gasteiger partial charge on any atom is -0.423 e. The van der Waals surface area contributed by atoms with E-state index in [1.807, 2.05) is 30.3 Å². The molecule has 0 aliphatic heterocycles. The van der Waals surface area contributed by atoms with Crippen LogP contribution in [-0.2, 0) is 10.0 Å². The van der Waals surface area contributed by atoms with E-state index in [2.05, 4.69) is 0 Å². The second-order valence-electron chi connectivity index (χ2n) is 6.13. The second-order valence-corrected chi connectivity index (χ2v) is 8.45. The molecule has 0 saturated carbocycles. The Labute approximate surface area is 169 Å². The van der Waals surface area contributed by atoms with Crippen molar-refractivity contribution >= 4 is 38.4 Å². The molecule has 0 spiro atoms. The van der Waals surface area contributed by atoms with Crippen LogP contribution in [0.4, 0.5) is 0 Å². The van der Waals surface area contributed by atoms with E-state index in [1.54, 1.807) is 26.0 Å². The topological polar surface area (TPSA) is 63.7 Å². The van der Waals surface area contributed by atoms with E-state index >= 15 is 0 Å². The standard InChI is InChI=1S/C21H20ClNO4S/c1-3-23(4-2)28(25,26)20-14-17(10-12-19(20)22)21(24)27-18-11-9-15-7-5-6-8-16(15)13-18/h5-14H,3-4H2,1-2H3. The van der Waals surface area contributed by atoms with Gasteiger partial charge in [0.05, 0.1) is 10.6 Å². The Morgan fingerprint density at radius 2 is 1.64 bits per heavy atom. The molecule has 0 aliphatic rings. The largest absolute Gasteiger partial charge is 0.423 e. The van der Waals surface area contributed by atoms with Crippen molar-refractivity contribution in [2.24, 2.45) is 0 Å². The van der Waals surface area contributed by atoms with Crippen LogP contribution in [0.2, 0.25) is 5.02 Å². The quantitative estimate of drug-likeness (QED) is 0.429. The molecule has 3 rings (SSSR count). The molecule has 0 saturated heterocycles. The van der Waals surface area contributed by atoms with Gasteiger partial charge in [-0.15, -0.1) is 0 Å². The summed E-state index contributed by atoms with van der Waals surface area (Å²) >= 11 is 6.11. The number of carbonyl (C=O) groups is 1. The van der Waals surface area contributed by atoms with Gasteiger partial charge in [-0.05, 0) is 41.1 Å². The Kier molecular flexibility index (Phi) is 6.03. The van der Waals surface area contributed by atoms with E-state index in [9.17, 15) is 13.2 Å². The normalized spacial score (nSPS) is 11.7. The molecule has 3 aromatic rings. The van der Waals surface area contributed by atoms with Crippen molar-refractivity contribution in [1.29, 1.82) is 0 Å². The highest BCUT2D eigenvalue weighted by Gasteiger charge is 2.26. The van der Waals surface area contributed by atoms with Crippen molar-refractivity contribution in [3.05, 3.63) is 71.2 Å². The van der Waals surface area contributed by atoms with E-state index in [-0.39, 0.29) is 15.5 Å². The van der Waals surface area contributed by atoms with Crippen molar-refractivity contribution in [1.82, 2.24) is 4.31 Å². The minimum atomic E-state index is -3.80. The molecule has 0 heterocycles. The highest BCUT2D eigenvalue weighted by Crippen LogP contribution is 2.27. The van der Waals surface area contributed by atoms with Crippen LogP contribution < -0.4 is 4.74 Å². The first kappa shape index (κ1) is 20.3. The van der Waals surface area contributed by atoms with E-state index < -0.39 is 16.0 Å². The maximum absolute atomic E-state index is 12.8. The summed E-state index contributed by atoms with van der Waals surface area (Å²) in [5.74, 6) is -0.269. The Morgan fingerprint density at radius 1 is 0.964 bits per heavy atom. The van der Waals surface area contributed by atoms with Gasteiger partial charge in [-0.1, -0.05) is 55.8 Å². The van der Waals surface area contributed by atoms with Crippen LogP contribution in [0.1, 0.15) is 24.2 Å². The number of hydrogen-bond acceptors (Lipinski definition) is 4. The molecular formula is C21H20ClNO4S. The molecular weight excluding hydrogens is 398 g/mol. The van der Waals surface area contributed by atoms with Crippen molar-refractivity contribution in [3.63, 3.8) is 0 Å². The van der Waals surface area contributed by atoms with Gasteiger partial charge in [0.2, 0.25) is 10.0 Å². The van der Waals surface area contributed by atoms with E-state index in [1.165, 1.54) is 22.5 Å². The molecule has 0 atom stereocenters. The lowest BCUT2D eigenvalue weighted by molar-refractivity contribution is 0.0734. The number of carbonyl (C=O) groups excluding carboxylic acids is 1. The van der Waals surface area contributed by atoms with Crippen LogP contribution in [-0.4, -0.2) is 31.8 Å². The number of fused-ring (bicyclic) bond motifs is 1. The van der Waals surface area contributed by atoms with Crippen LogP contribution in [0.3, 0.4) is 0 Å². The van der Waals surface area contributed by atoms with Gasteiger partial charge >= 0.3 is 5.97 Å². The van der Waals surface area contributed by atoms with Crippen LogP contribution in [0.5, 0.6) is 5.75 Å². The maximum Gasteiger partial charge on any atom is 0.343 e. The van der Waals surface area contributed by atoms with Crippen molar-refractivity contribution in [3.8, 4) is 5.75 Å². The number of ether oxygens (including phenoxy) is 1. The molecule has 5 nitrogen and oxygen atoms in total. The molecule has 0 aliphatic carbocycles. The number of rotatable bonds is 6. The number of benzene rings is 3. The van der Waals surface area contributed by atoms with Gasteiger partial charge in [0.25, 0.3) is 0 Å². The van der Waals surface area contributed by atoms with E-state index in [4.69, 9.17) is 16.3 Å². The molecule has 3 aromatic carbocycles. The van der Waals surface area contributed by atoms with Crippen molar-refractivity contribution < 1.29 is 17.9 Å². The molecule has 0 unspecified atom stereocenters. The molecule has 28 heavy (non-hydrogen) atoms. The Bertz CT molecular complexity index is 1120. The lowest BCUT2D eigenvalue weighted by Crippen LogP contribution is -2.31. The first-order chi connectivity index (χ1) is 13.4. The first-order valence-corrected chi connectivity index (χ1v) is 10.7. The fourth-order valence-electron chi connectivity index (χ4n) is 2.93. The first-order valence-electron chi connectivity index (χ1n) is 8.87. The fraction of sp³-hybridized carbons (Fsp3) is 0.190. The number of nitrogens with zero attached hydrogens (tertiary/aromatic N) is 1. The zero-order valence-electron chi connectivity index (χ0n) is 15.6. The molecule has 0 radical (unpaired) electrons. The third kappa shape index (κ3) is 4.04. The average molecular weight is 418 g/mol. The van der Waals surface area contributed by atoms with Crippen LogP contribution in [0, 0.1) is 0 Å². The lowest BCUT2D eigenvalue weighted by Gasteiger charge is -2.19. The predicted octanol–water partition coefficient (Wildman–Crippen LogP) is 4.74. The summed E-state index contributed by atoms with van der Waals surface area (Å²) in [7, 11) is -3.80. The molecule has 7 heteroatoms. The summed E-state index contributed by atoms with van der Waals surface area (Å²) in [5.41, 5.74) is 0.114. The number of esters is 1. The maximum atomic E-state index is 12.8. The number of sulfonamides is 1. The van der Waals surface area contributed by atoms with Crippen LogP contribution >= 0.6 is 11.6 Å². The van der Waals surface area contributed by atoms with Gasteiger partial charge in [0, 0.05) is 13.1 Å². The summed E-state index contributed by atoms with van der Waals surface area (Å²) < 4.78 is 32.3. The Balaban J connectivity index is 1.91. The Morgan fingerprint density at radius 3 is 2.32 bits per heavy atom. The predicted molar refractivity (Wildman–Crippen MR) is 110 cm³/mol. The minimum absolute atomic E-state index is 0.0640. The molecule has 0 N–H and O–H groups in total. The third-order valence-corrected chi connectivity index (χ3v) is 6.95. The van der Waals surface area contributed by atoms with E-state index in [0.717, 1.165) is 10.8 Å². The fourth-order valence-corrected chi connectivity index (χ4v) is 4.89. The van der Waals surface area contributed by atoms with Gasteiger partial charge in [-0.3, -0.25) is 0 Å². The third-order valence-electron chi connectivity index (χ3n) is 4.42. The summed E-state index contributed by atoms with van der Waals surface area (Å²) in [6.07, 6.45) is 0. The van der Waals surface area contributed by atoms with Gasteiger partial charge in [-0.2, -0.15) is 4.31 Å². The lowest BCUT2D eigenvalue weighted by atomic mass is 10.1. The zero-order chi connectivity index (χ0) is 20.3. The molecule has 0 bridgehead atoms. The van der Waals surface area contributed by atoms with Gasteiger partial charge in [0.1, 0.15) is 10.6 Å². The number of hydrogen-bond donors (Lipinski definition) is 0.